The number of para-hydroxylation sites is 1. The SMILES string of the molecule is CCN(CCc1ccccc1)c1nc(Nn2cccn2)c2ccccc2n1. The van der Waals surface area contributed by atoms with Crippen molar-refractivity contribution < 1.29 is 0 Å². The van der Waals surface area contributed by atoms with E-state index in [0.29, 0.717) is 0 Å². The third-order valence-corrected chi connectivity index (χ3v) is 4.49. The van der Waals surface area contributed by atoms with Crippen molar-refractivity contribution in [1.29, 1.82) is 0 Å². The van der Waals surface area contributed by atoms with Gasteiger partial charge in [-0.05, 0) is 37.1 Å². The van der Waals surface area contributed by atoms with E-state index in [4.69, 9.17) is 9.97 Å². The van der Waals surface area contributed by atoms with E-state index in [-0.39, 0.29) is 0 Å². The van der Waals surface area contributed by atoms with Gasteiger partial charge in [-0.25, -0.2) is 4.98 Å². The zero-order valence-electron chi connectivity index (χ0n) is 15.3. The van der Waals surface area contributed by atoms with Crippen molar-refractivity contribution in [1.82, 2.24) is 19.9 Å². The highest BCUT2D eigenvalue weighted by molar-refractivity contribution is 5.89. The molecule has 1 N–H and O–H groups in total. The van der Waals surface area contributed by atoms with Crippen LogP contribution in [0.25, 0.3) is 10.9 Å². The summed E-state index contributed by atoms with van der Waals surface area (Å²) in [6.45, 7) is 3.83. The van der Waals surface area contributed by atoms with Crippen LogP contribution in [-0.2, 0) is 6.42 Å². The van der Waals surface area contributed by atoms with Crippen molar-refractivity contribution in [2.24, 2.45) is 0 Å². The van der Waals surface area contributed by atoms with Crippen molar-refractivity contribution >= 4 is 22.7 Å². The Labute approximate surface area is 158 Å². The number of fused-ring (bicyclic) bond motifs is 1. The molecule has 2 aromatic carbocycles. The van der Waals surface area contributed by atoms with Crippen molar-refractivity contribution in [3.8, 4) is 0 Å². The average Bonchev–Trinajstić information content (AvgIpc) is 3.22. The lowest BCUT2D eigenvalue weighted by atomic mass is 10.1. The van der Waals surface area contributed by atoms with Gasteiger partial charge in [0.15, 0.2) is 5.82 Å². The first-order chi connectivity index (χ1) is 13.3. The second-order valence-electron chi connectivity index (χ2n) is 6.27. The second kappa shape index (κ2) is 7.86. The molecule has 0 radical (unpaired) electrons. The second-order valence-corrected chi connectivity index (χ2v) is 6.27. The van der Waals surface area contributed by atoms with Gasteiger partial charge in [0.2, 0.25) is 5.95 Å². The molecule has 0 amide bonds. The molecule has 2 aromatic heterocycles. The summed E-state index contributed by atoms with van der Waals surface area (Å²) in [7, 11) is 0. The highest BCUT2D eigenvalue weighted by atomic mass is 15.6. The number of likely N-dealkylation sites (N-methyl/N-ethyl adjacent to an activating group) is 1. The number of rotatable bonds is 7. The lowest BCUT2D eigenvalue weighted by Gasteiger charge is -2.22. The van der Waals surface area contributed by atoms with Gasteiger partial charge in [-0.1, -0.05) is 42.5 Å². The van der Waals surface area contributed by atoms with Crippen molar-refractivity contribution in [3.05, 3.63) is 78.6 Å². The highest BCUT2D eigenvalue weighted by Crippen LogP contribution is 2.23. The molecule has 6 nitrogen and oxygen atoms in total. The van der Waals surface area contributed by atoms with Crippen molar-refractivity contribution in [2.75, 3.05) is 23.4 Å². The van der Waals surface area contributed by atoms with E-state index >= 15 is 0 Å². The molecule has 4 rings (SSSR count). The molecule has 6 heteroatoms. The fourth-order valence-corrected chi connectivity index (χ4v) is 3.04. The van der Waals surface area contributed by atoms with Crippen LogP contribution < -0.4 is 10.3 Å². The van der Waals surface area contributed by atoms with Gasteiger partial charge in [0.05, 0.1) is 11.7 Å². The van der Waals surface area contributed by atoms with Crippen molar-refractivity contribution in [2.45, 2.75) is 13.3 Å². The molecular formula is C21H22N6. The first kappa shape index (κ1) is 17.0. The van der Waals surface area contributed by atoms with E-state index < -0.39 is 0 Å². The Hall–Kier alpha value is -3.41. The Bertz CT molecular complexity index is 998. The van der Waals surface area contributed by atoms with Crippen LogP contribution in [0.3, 0.4) is 0 Å². The smallest absolute Gasteiger partial charge is 0.227 e. The van der Waals surface area contributed by atoms with Crippen LogP contribution in [0.5, 0.6) is 0 Å². The highest BCUT2D eigenvalue weighted by Gasteiger charge is 2.13. The summed E-state index contributed by atoms with van der Waals surface area (Å²) < 4.78 is 0. The van der Waals surface area contributed by atoms with Crippen LogP contribution in [-0.4, -0.2) is 32.9 Å². The van der Waals surface area contributed by atoms with Gasteiger partial charge in [0.25, 0.3) is 0 Å². The van der Waals surface area contributed by atoms with Crippen LogP contribution in [0.1, 0.15) is 12.5 Å². The van der Waals surface area contributed by atoms with Crippen LogP contribution >= 0.6 is 0 Å². The summed E-state index contributed by atoms with van der Waals surface area (Å²) in [5, 5.41) is 5.19. The van der Waals surface area contributed by atoms with Crippen LogP contribution in [0, 0.1) is 0 Å². The lowest BCUT2D eigenvalue weighted by Crippen LogP contribution is -2.28. The van der Waals surface area contributed by atoms with Crippen LogP contribution in [0.2, 0.25) is 0 Å². The molecule has 0 spiro atoms. The maximum atomic E-state index is 4.80. The van der Waals surface area contributed by atoms with E-state index in [0.717, 1.165) is 42.2 Å². The standard InChI is InChI=1S/C21H22N6/c1-2-26(16-13-17-9-4-3-5-10-17)21-23-19-12-7-6-11-18(19)20(24-21)25-27-15-8-14-22-27/h3-12,14-15H,2,13,16H2,1H3,(H,23,24,25). The summed E-state index contributed by atoms with van der Waals surface area (Å²) in [5.74, 6) is 1.47. The molecule has 27 heavy (non-hydrogen) atoms. The van der Waals surface area contributed by atoms with E-state index in [1.807, 2.05) is 42.6 Å². The molecule has 0 aliphatic carbocycles. The largest absolute Gasteiger partial charge is 0.341 e. The van der Waals surface area contributed by atoms with Crippen LogP contribution in [0.4, 0.5) is 11.8 Å². The van der Waals surface area contributed by atoms with Crippen LogP contribution in [0.15, 0.2) is 73.1 Å². The van der Waals surface area contributed by atoms with Gasteiger partial charge in [0.1, 0.15) is 0 Å². The maximum absolute atomic E-state index is 4.80. The molecule has 0 saturated heterocycles. The minimum Gasteiger partial charge on any atom is -0.341 e. The lowest BCUT2D eigenvalue weighted by molar-refractivity contribution is 0.769. The number of nitrogens with zero attached hydrogens (tertiary/aromatic N) is 5. The Morgan fingerprint density at radius 3 is 2.56 bits per heavy atom. The van der Waals surface area contributed by atoms with Gasteiger partial charge in [-0.3, -0.25) is 5.43 Å². The number of benzene rings is 2. The van der Waals surface area contributed by atoms with Gasteiger partial charge in [0, 0.05) is 24.7 Å². The van der Waals surface area contributed by atoms with Gasteiger partial charge in [-0.2, -0.15) is 14.9 Å². The summed E-state index contributed by atoms with van der Waals surface area (Å²) in [4.78, 5) is 13.4. The minimum absolute atomic E-state index is 0.724. The average molecular weight is 358 g/mol. The fourth-order valence-electron chi connectivity index (χ4n) is 3.04. The molecule has 0 bridgehead atoms. The number of hydrogen-bond acceptors (Lipinski definition) is 5. The molecular weight excluding hydrogens is 336 g/mol. The summed E-state index contributed by atoms with van der Waals surface area (Å²) in [6, 6.07) is 20.4. The first-order valence-electron chi connectivity index (χ1n) is 9.16. The zero-order valence-corrected chi connectivity index (χ0v) is 15.3. The van der Waals surface area contributed by atoms with E-state index in [1.165, 1.54) is 5.56 Å². The summed E-state index contributed by atoms with van der Waals surface area (Å²) in [6.07, 6.45) is 4.53. The zero-order chi connectivity index (χ0) is 18.5. The molecule has 2 heterocycles. The Balaban J connectivity index is 1.65. The number of nitrogens with one attached hydrogen (secondary N) is 1. The third-order valence-electron chi connectivity index (χ3n) is 4.49. The molecule has 0 aliphatic heterocycles. The molecule has 4 aromatic rings. The monoisotopic (exact) mass is 358 g/mol. The summed E-state index contributed by atoms with van der Waals surface area (Å²) in [5.41, 5.74) is 5.47. The van der Waals surface area contributed by atoms with Gasteiger partial charge in [-0.15, -0.1) is 0 Å². The fraction of sp³-hybridized carbons (Fsp3) is 0.190. The predicted molar refractivity (Wildman–Crippen MR) is 109 cm³/mol. The molecule has 0 unspecified atom stereocenters. The molecule has 0 fully saturated rings. The van der Waals surface area contributed by atoms with Gasteiger partial charge >= 0.3 is 0 Å². The Kier molecular flexibility index (Phi) is 4.96. The minimum atomic E-state index is 0.724. The van der Waals surface area contributed by atoms with E-state index in [2.05, 4.69) is 46.6 Å². The normalized spacial score (nSPS) is 10.9. The van der Waals surface area contributed by atoms with E-state index in [1.54, 1.807) is 11.0 Å². The maximum Gasteiger partial charge on any atom is 0.227 e. The Morgan fingerprint density at radius 2 is 1.78 bits per heavy atom. The number of hydrogen-bond donors (Lipinski definition) is 1. The quantitative estimate of drug-likeness (QED) is 0.545. The number of aromatic nitrogens is 4. The van der Waals surface area contributed by atoms with Crippen molar-refractivity contribution in [3.63, 3.8) is 0 Å². The van der Waals surface area contributed by atoms with Gasteiger partial charge < -0.3 is 4.90 Å². The molecule has 0 aliphatic rings. The third kappa shape index (κ3) is 3.89. The molecule has 0 saturated carbocycles. The molecule has 136 valence electrons. The Morgan fingerprint density at radius 1 is 0.963 bits per heavy atom. The topological polar surface area (TPSA) is 58.9 Å². The predicted octanol–water partition coefficient (Wildman–Crippen LogP) is 3.77. The van der Waals surface area contributed by atoms with E-state index in [9.17, 15) is 0 Å². The molecule has 0 atom stereocenters. The first-order valence-corrected chi connectivity index (χ1v) is 9.16. The number of anilines is 2. The summed E-state index contributed by atoms with van der Waals surface area (Å²) >= 11 is 0.